The quantitative estimate of drug-likeness (QED) is 0.388. The number of amides is 1. The molecule has 0 fully saturated rings. The molecule has 2 aromatic heterocycles. The van der Waals surface area contributed by atoms with E-state index in [4.69, 9.17) is 13.9 Å². The number of para-hydroxylation sites is 1. The lowest BCUT2D eigenvalue weighted by molar-refractivity contribution is -0.113. The smallest absolute Gasteiger partial charge is 0.234 e. The second-order valence-corrected chi connectivity index (χ2v) is 6.82. The molecule has 0 spiro atoms. The number of rotatable bonds is 6. The van der Waals surface area contributed by atoms with Crippen molar-refractivity contribution in [2.45, 2.75) is 5.03 Å². The molecule has 4 rings (SSSR count). The topological polar surface area (TPSA) is 86.5 Å². The van der Waals surface area contributed by atoms with Gasteiger partial charge < -0.3 is 19.2 Å². The lowest BCUT2D eigenvalue weighted by Gasteiger charge is -2.11. The molecule has 2 heterocycles. The van der Waals surface area contributed by atoms with Crippen LogP contribution >= 0.6 is 11.8 Å². The van der Waals surface area contributed by atoms with Gasteiger partial charge in [-0.15, -0.1) is 0 Å². The molecule has 0 atom stereocenters. The highest BCUT2D eigenvalue weighted by molar-refractivity contribution is 8.00. The van der Waals surface area contributed by atoms with Crippen LogP contribution in [0.1, 0.15) is 0 Å². The van der Waals surface area contributed by atoms with Gasteiger partial charge >= 0.3 is 0 Å². The molecular formula is C20H17N3O4S. The van der Waals surface area contributed by atoms with Crippen LogP contribution in [0.5, 0.6) is 11.5 Å². The lowest BCUT2D eigenvalue weighted by Crippen LogP contribution is -2.15. The fourth-order valence-electron chi connectivity index (χ4n) is 2.84. The molecule has 0 saturated heterocycles. The van der Waals surface area contributed by atoms with Gasteiger partial charge in [0.15, 0.2) is 5.58 Å². The van der Waals surface area contributed by atoms with Crippen LogP contribution in [0.2, 0.25) is 0 Å². The average molecular weight is 395 g/mol. The second kappa shape index (κ2) is 7.77. The maximum absolute atomic E-state index is 12.5. The molecule has 0 bridgehead atoms. The number of ether oxygens (including phenoxy) is 2. The number of hydrogen-bond donors (Lipinski definition) is 1. The number of methoxy groups -OCH3 is 2. The molecule has 28 heavy (non-hydrogen) atoms. The summed E-state index contributed by atoms with van der Waals surface area (Å²) in [7, 11) is 3.11. The summed E-state index contributed by atoms with van der Waals surface area (Å²) in [6.45, 7) is 0. The van der Waals surface area contributed by atoms with Crippen molar-refractivity contribution in [1.29, 1.82) is 0 Å². The minimum Gasteiger partial charge on any atom is -0.497 e. The number of thioether (sulfide) groups is 1. The Balaban J connectivity index is 1.53. The van der Waals surface area contributed by atoms with Gasteiger partial charge in [0, 0.05) is 11.5 Å². The van der Waals surface area contributed by atoms with Crippen LogP contribution in [0, 0.1) is 0 Å². The van der Waals surface area contributed by atoms with Crippen molar-refractivity contribution in [2.75, 3.05) is 25.3 Å². The number of carbonyl (C=O) groups is 1. The lowest BCUT2D eigenvalue weighted by atomic mass is 10.2. The number of nitrogens with zero attached hydrogens (tertiary/aromatic N) is 2. The number of fused-ring (bicyclic) bond motifs is 3. The van der Waals surface area contributed by atoms with E-state index in [-0.39, 0.29) is 11.7 Å². The maximum atomic E-state index is 12.5. The number of nitrogens with one attached hydrogen (secondary N) is 1. The summed E-state index contributed by atoms with van der Waals surface area (Å²) < 4.78 is 16.4. The molecular weight excluding hydrogens is 378 g/mol. The van der Waals surface area contributed by atoms with Crippen molar-refractivity contribution in [3.05, 3.63) is 48.8 Å². The zero-order valence-electron chi connectivity index (χ0n) is 15.3. The summed E-state index contributed by atoms with van der Waals surface area (Å²) in [5.41, 5.74) is 2.61. The van der Waals surface area contributed by atoms with Crippen LogP contribution in [0.3, 0.4) is 0 Å². The predicted molar refractivity (Wildman–Crippen MR) is 108 cm³/mol. The molecule has 2 aromatic carbocycles. The number of benzene rings is 2. The first-order valence-corrected chi connectivity index (χ1v) is 9.45. The summed E-state index contributed by atoms with van der Waals surface area (Å²) >= 11 is 1.29. The molecule has 0 saturated carbocycles. The number of carbonyl (C=O) groups excluding carboxylic acids is 1. The van der Waals surface area contributed by atoms with Crippen molar-refractivity contribution in [2.24, 2.45) is 0 Å². The Morgan fingerprint density at radius 3 is 2.82 bits per heavy atom. The molecule has 4 aromatic rings. The van der Waals surface area contributed by atoms with Crippen molar-refractivity contribution in [3.8, 4) is 11.5 Å². The standard InChI is InChI=1S/C20H17N3O4S/c1-25-12-7-8-16(26-2)14(9-12)23-17(24)10-28-20-19-18(21-11-22-20)13-5-3-4-6-15(13)27-19/h3-9,11H,10H2,1-2H3,(H,23,24). The van der Waals surface area contributed by atoms with Crippen molar-refractivity contribution < 1.29 is 18.7 Å². The SMILES string of the molecule is COc1ccc(OC)c(NC(=O)CSc2ncnc3c2oc2ccccc23)c1. The molecule has 7 nitrogen and oxygen atoms in total. The maximum Gasteiger partial charge on any atom is 0.234 e. The molecule has 1 amide bonds. The molecule has 0 unspecified atom stereocenters. The Hall–Kier alpha value is -3.26. The van der Waals surface area contributed by atoms with Crippen molar-refractivity contribution in [1.82, 2.24) is 9.97 Å². The summed E-state index contributed by atoms with van der Waals surface area (Å²) in [4.78, 5) is 21.1. The second-order valence-electron chi connectivity index (χ2n) is 5.86. The van der Waals surface area contributed by atoms with E-state index in [2.05, 4.69) is 15.3 Å². The summed E-state index contributed by atoms with van der Waals surface area (Å²) in [6, 6.07) is 12.9. The Morgan fingerprint density at radius 2 is 2.00 bits per heavy atom. The molecule has 0 aliphatic carbocycles. The van der Waals surface area contributed by atoms with Gasteiger partial charge in [0.05, 0.1) is 25.7 Å². The largest absolute Gasteiger partial charge is 0.497 e. The molecule has 8 heteroatoms. The van der Waals surface area contributed by atoms with Crippen LogP contribution < -0.4 is 14.8 Å². The summed E-state index contributed by atoms with van der Waals surface area (Å²) in [6.07, 6.45) is 1.48. The third kappa shape index (κ3) is 3.46. The molecule has 1 N–H and O–H groups in total. The monoisotopic (exact) mass is 395 g/mol. The molecule has 0 radical (unpaired) electrons. The Morgan fingerprint density at radius 1 is 1.14 bits per heavy atom. The van der Waals surface area contributed by atoms with E-state index in [9.17, 15) is 4.79 Å². The van der Waals surface area contributed by atoms with Gasteiger partial charge in [-0.3, -0.25) is 4.79 Å². The van der Waals surface area contributed by atoms with Crippen LogP contribution in [0.4, 0.5) is 5.69 Å². The van der Waals surface area contributed by atoms with Gasteiger partial charge in [-0.2, -0.15) is 0 Å². The third-order valence-corrected chi connectivity index (χ3v) is 5.12. The first kappa shape index (κ1) is 18.1. The van der Waals surface area contributed by atoms with E-state index in [0.29, 0.717) is 27.8 Å². The summed E-state index contributed by atoms with van der Waals surface area (Å²) in [5, 5.41) is 4.39. The minimum absolute atomic E-state index is 0.156. The van der Waals surface area contributed by atoms with Gasteiger partial charge in [0.2, 0.25) is 5.91 Å². The first-order chi connectivity index (χ1) is 13.7. The fourth-order valence-corrected chi connectivity index (χ4v) is 3.57. The van der Waals surface area contributed by atoms with E-state index in [1.807, 2.05) is 24.3 Å². The highest BCUT2D eigenvalue weighted by Crippen LogP contribution is 2.33. The van der Waals surface area contributed by atoms with Gasteiger partial charge in [0.1, 0.15) is 34.0 Å². The van der Waals surface area contributed by atoms with E-state index < -0.39 is 0 Å². The minimum atomic E-state index is -0.195. The van der Waals surface area contributed by atoms with Gasteiger partial charge in [0.25, 0.3) is 0 Å². The van der Waals surface area contributed by atoms with Crippen LogP contribution in [-0.4, -0.2) is 35.8 Å². The van der Waals surface area contributed by atoms with Gasteiger partial charge in [-0.25, -0.2) is 9.97 Å². The van der Waals surface area contributed by atoms with Gasteiger partial charge in [-0.05, 0) is 24.3 Å². The van der Waals surface area contributed by atoms with E-state index >= 15 is 0 Å². The van der Waals surface area contributed by atoms with Crippen LogP contribution in [0.25, 0.3) is 22.1 Å². The first-order valence-electron chi connectivity index (χ1n) is 8.46. The van der Waals surface area contributed by atoms with Gasteiger partial charge in [-0.1, -0.05) is 23.9 Å². The summed E-state index contributed by atoms with van der Waals surface area (Å²) in [5.74, 6) is 1.15. The van der Waals surface area contributed by atoms with E-state index in [1.54, 1.807) is 32.4 Å². The van der Waals surface area contributed by atoms with E-state index in [1.165, 1.54) is 18.1 Å². The Kier molecular flexibility index (Phi) is 5.03. The zero-order chi connectivity index (χ0) is 19.5. The van der Waals surface area contributed by atoms with Crippen molar-refractivity contribution in [3.63, 3.8) is 0 Å². The highest BCUT2D eigenvalue weighted by atomic mass is 32.2. The van der Waals surface area contributed by atoms with Crippen LogP contribution in [-0.2, 0) is 4.79 Å². The average Bonchev–Trinajstić information content (AvgIpc) is 3.11. The van der Waals surface area contributed by atoms with Crippen molar-refractivity contribution >= 4 is 45.4 Å². The fraction of sp³-hybridized carbons (Fsp3) is 0.150. The number of anilines is 1. The van der Waals surface area contributed by atoms with E-state index in [0.717, 1.165) is 16.5 Å². The molecule has 0 aliphatic rings. The number of furan rings is 1. The van der Waals surface area contributed by atoms with Crippen LogP contribution in [0.15, 0.2) is 58.2 Å². The molecule has 142 valence electrons. The third-order valence-electron chi connectivity index (χ3n) is 4.15. The number of aromatic nitrogens is 2. The highest BCUT2D eigenvalue weighted by Gasteiger charge is 2.15. The number of hydrogen-bond acceptors (Lipinski definition) is 7. The molecule has 0 aliphatic heterocycles. The predicted octanol–water partition coefficient (Wildman–Crippen LogP) is 4.12. The Labute approximate surface area is 165 Å². The normalized spacial score (nSPS) is 10.9. The Bertz CT molecular complexity index is 1160. The zero-order valence-corrected chi connectivity index (χ0v) is 16.1.